The van der Waals surface area contributed by atoms with Gasteiger partial charge in [0.25, 0.3) is 11.5 Å². The van der Waals surface area contributed by atoms with Crippen LogP contribution in [-0.2, 0) is 13.0 Å². The molecule has 2 aliphatic heterocycles. The Morgan fingerprint density at radius 3 is 2.65 bits per heavy atom. The first-order chi connectivity index (χ1) is 18.0. The normalized spacial score (nSPS) is 15.8. The summed E-state index contributed by atoms with van der Waals surface area (Å²) in [6, 6.07) is 10.2. The highest BCUT2D eigenvalue weighted by atomic mass is 16.5. The average Bonchev–Trinajstić information content (AvgIpc) is 2.89. The van der Waals surface area contributed by atoms with Crippen molar-refractivity contribution in [1.82, 2.24) is 15.2 Å². The van der Waals surface area contributed by atoms with Crippen LogP contribution in [0.2, 0.25) is 0 Å². The van der Waals surface area contributed by atoms with Crippen molar-refractivity contribution in [2.45, 2.75) is 40.2 Å². The number of pyridine rings is 1. The Morgan fingerprint density at radius 2 is 1.92 bits per heavy atom. The van der Waals surface area contributed by atoms with Crippen molar-refractivity contribution in [1.29, 1.82) is 0 Å². The SMILES string of the molecule is CCNC(=O)c1ccc(N2CCN(Cc3cc(OCC)c4c5c(c(=O)[nH]c4c3)CCCN5)CC2)c(C)c1. The number of carbonyl (C=O) groups excluding carboxylic acids is 1. The number of aromatic amines is 1. The van der Waals surface area contributed by atoms with Gasteiger partial charge in [0, 0.05) is 62.6 Å². The zero-order valence-corrected chi connectivity index (χ0v) is 22.1. The first-order valence-electron chi connectivity index (χ1n) is 13.4. The van der Waals surface area contributed by atoms with E-state index in [0.29, 0.717) is 18.7 Å². The van der Waals surface area contributed by atoms with Crippen molar-refractivity contribution in [2.24, 2.45) is 0 Å². The minimum absolute atomic E-state index is 0.00326. The van der Waals surface area contributed by atoms with E-state index in [2.05, 4.69) is 50.5 Å². The molecule has 3 N–H and O–H groups in total. The summed E-state index contributed by atoms with van der Waals surface area (Å²) in [6.45, 7) is 12.6. The lowest BCUT2D eigenvalue weighted by molar-refractivity contribution is 0.0955. The summed E-state index contributed by atoms with van der Waals surface area (Å²) in [7, 11) is 0. The number of aromatic nitrogens is 1. The van der Waals surface area contributed by atoms with E-state index in [-0.39, 0.29) is 11.5 Å². The number of nitrogens with one attached hydrogen (secondary N) is 3. The summed E-state index contributed by atoms with van der Waals surface area (Å²) >= 11 is 0. The third kappa shape index (κ3) is 5.16. The fourth-order valence-corrected chi connectivity index (χ4v) is 5.58. The predicted molar refractivity (Wildman–Crippen MR) is 149 cm³/mol. The number of hydrogen-bond donors (Lipinski definition) is 3. The molecule has 2 aliphatic rings. The third-order valence-electron chi connectivity index (χ3n) is 7.36. The Morgan fingerprint density at radius 1 is 1.11 bits per heavy atom. The van der Waals surface area contributed by atoms with Crippen LogP contribution in [0.15, 0.2) is 35.1 Å². The monoisotopic (exact) mass is 503 g/mol. The Balaban J connectivity index is 1.31. The summed E-state index contributed by atoms with van der Waals surface area (Å²) in [4.78, 5) is 32.9. The van der Waals surface area contributed by atoms with E-state index in [4.69, 9.17) is 4.74 Å². The number of amides is 1. The van der Waals surface area contributed by atoms with Crippen LogP contribution < -0.4 is 25.8 Å². The van der Waals surface area contributed by atoms with E-state index >= 15 is 0 Å². The topological polar surface area (TPSA) is 89.7 Å². The van der Waals surface area contributed by atoms with Crippen LogP contribution in [0.3, 0.4) is 0 Å². The van der Waals surface area contributed by atoms with Gasteiger partial charge in [0.15, 0.2) is 0 Å². The van der Waals surface area contributed by atoms with Gasteiger partial charge < -0.3 is 25.3 Å². The van der Waals surface area contributed by atoms with Crippen molar-refractivity contribution in [3.63, 3.8) is 0 Å². The van der Waals surface area contributed by atoms with E-state index in [1.54, 1.807) is 0 Å². The third-order valence-corrected chi connectivity index (χ3v) is 7.36. The Kier molecular flexibility index (Phi) is 7.37. The maximum atomic E-state index is 12.8. The molecule has 37 heavy (non-hydrogen) atoms. The minimum Gasteiger partial charge on any atom is -0.493 e. The van der Waals surface area contributed by atoms with Crippen molar-refractivity contribution >= 4 is 28.2 Å². The molecule has 1 fully saturated rings. The smallest absolute Gasteiger partial charge is 0.253 e. The zero-order valence-electron chi connectivity index (χ0n) is 22.1. The number of ether oxygens (including phenoxy) is 1. The van der Waals surface area contributed by atoms with Gasteiger partial charge in [-0.15, -0.1) is 0 Å². The van der Waals surface area contributed by atoms with Crippen LogP contribution in [0.1, 0.15) is 47.3 Å². The van der Waals surface area contributed by atoms with Gasteiger partial charge >= 0.3 is 0 Å². The van der Waals surface area contributed by atoms with Crippen molar-refractivity contribution in [3.8, 4) is 5.75 Å². The largest absolute Gasteiger partial charge is 0.493 e. The molecule has 3 heterocycles. The van der Waals surface area contributed by atoms with Gasteiger partial charge in [0.2, 0.25) is 0 Å². The van der Waals surface area contributed by atoms with E-state index < -0.39 is 0 Å². The molecule has 196 valence electrons. The fraction of sp³-hybridized carbons (Fsp3) is 0.448. The molecule has 0 bridgehead atoms. The molecule has 5 rings (SSSR count). The highest BCUT2D eigenvalue weighted by Gasteiger charge is 2.22. The van der Waals surface area contributed by atoms with Crippen molar-refractivity contribution in [2.75, 3.05) is 56.1 Å². The first-order valence-corrected chi connectivity index (χ1v) is 13.4. The minimum atomic E-state index is -0.0265. The van der Waals surface area contributed by atoms with E-state index in [0.717, 1.165) is 91.1 Å². The Labute approximate surface area is 218 Å². The highest BCUT2D eigenvalue weighted by molar-refractivity contribution is 5.98. The Hall–Kier alpha value is -3.52. The number of nitrogens with zero attached hydrogens (tertiary/aromatic N) is 2. The number of hydrogen-bond acceptors (Lipinski definition) is 6. The molecule has 0 unspecified atom stereocenters. The molecule has 1 aromatic heterocycles. The van der Waals surface area contributed by atoms with Gasteiger partial charge in [0.1, 0.15) is 5.75 Å². The molecule has 8 nitrogen and oxygen atoms in total. The van der Waals surface area contributed by atoms with Crippen LogP contribution in [0.25, 0.3) is 10.9 Å². The van der Waals surface area contributed by atoms with Crippen LogP contribution >= 0.6 is 0 Å². The maximum Gasteiger partial charge on any atom is 0.253 e. The summed E-state index contributed by atoms with van der Waals surface area (Å²) in [5.41, 5.74) is 6.74. The van der Waals surface area contributed by atoms with Crippen LogP contribution in [0.5, 0.6) is 5.75 Å². The molecule has 0 atom stereocenters. The summed E-state index contributed by atoms with van der Waals surface area (Å²) < 4.78 is 6.07. The van der Waals surface area contributed by atoms with Crippen LogP contribution in [0.4, 0.5) is 11.4 Å². The quantitative estimate of drug-likeness (QED) is 0.456. The molecule has 3 aromatic rings. The standard InChI is InChI=1S/C29H37N5O3/c1-4-30-28(35)21-8-9-24(19(3)15-21)34-13-11-33(12-14-34)18-20-16-23-26(25(17-20)37-5-2)27-22(29(36)32-23)7-6-10-31-27/h8-9,15-17,31H,4-7,10-14,18H2,1-3H3,(H,30,35)(H,32,36). The van der Waals surface area contributed by atoms with Gasteiger partial charge in [0.05, 0.1) is 23.2 Å². The zero-order chi connectivity index (χ0) is 25.9. The summed E-state index contributed by atoms with van der Waals surface area (Å²) in [5.74, 6) is 0.805. The molecule has 0 saturated carbocycles. The number of benzene rings is 2. The van der Waals surface area contributed by atoms with Gasteiger partial charge in [-0.1, -0.05) is 0 Å². The van der Waals surface area contributed by atoms with Gasteiger partial charge in [-0.25, -0.2) is 0 Å². The van der Waals surface area contributed by atoms with Gasteiger partial charge in [-0.3, -0.25) is 14.5 Å². The molecular formula is C29H37N5O3. The lowest BCUT2D eigenvalue weighted by Crippen LogP contribution is -2.46. The number of rotatable bonds is 7. The summed E-state index contributed by atoms with van der Waals surface area (Å²) in [5, 5.41) is 7.30. The predicted octanol–water partition coefficient (Wildman–Crippen LogP) is 3.67. The van der Waals surface area contributed by atoms with E-state index in [1.165, 1.54) is 5.69 Å². The molecule has 0 spiro atoms. The average molecular weight is 504 g/mol. The Bertz CT molecular complexity index is 1360. The molecule has 8 heteroatoms. The first kappa shape index (κ1) is 25.1. The molecule has 1 amide bonds. The second kappa shape index (κ2) is 10.8. The van der Waals surface area contributed by atoms with E-state index in [9.17, 15) is 9.59 Å². The highest BCUT2D eigenvalue weighted by Crippen LogP contribution is 2.36. The van der Waals surface area contributed by atoms with Gasteiger partial charge in [-0.2, -0.15) is 0 Å². The molecule has 1 saturated heterocycles. The lowest BCUT2D eigenvalue weighted by atomic mass is 9.99. The van der Waals surface area contributed by atoms with Gasteiger partial charge in [-0.05, 0) is 75.1 Å². The number of carbonyl (C=O) groups is 1. The van der Waals surface area contributed by atoms with Crippen LogP contribution in [-0.4, -0.2) is 61.7 Å². The summed E-state index contributed by atoms with van der Waals surface area (Å²) in [6.07, 6.45) is 1.76. The van der Waals surface area contributed by atoms with Crippen molar-refractivity contribution < 1.29 is 9.53 Å². The lowest BCUT2D eigenvalue weighted by Gasteiger charge is -2.37. The fourth-order valence-electron chi connectivity index (χ4n) is 5.58. The molecule has 2 aromatic carbocycles. The number of fused-ring (bicyclic) bond motifs is 3. The van der Waals surface area contributed by atoms with Crippen LogP contribution in [0, 0.1) is 6.92 Å². The number of piperazine rings is 1. The van der Waals surface area contributed by atoms with Crippen molar-refractivity contribution in [3.05, 3.63) is 62.9 Å². The van der Waals surface area contributed by atoms with E-state index in [1.807, 2.05) is 26.0 Å². The maximum absolute atomic E-state index is 12.8. The second-order valence-electron chi connectivity index (χ2n) is 9.91. The molecule has 0 aliphatic carbocycles. The number of aryl methyl sites for hydroxylation is 1. The molecule has 0 radical (unpaired) electrons. The second-order valence-corrected chi connectivity index (χ2v) is 9.91. The number of H-pyrrole nitrogens is 1. The molecular weight excluding hydrogens is 466 g/mol. The number of anilines is 2.